The molecule has 74 valence electrons. The summed E-state index contributed by atoms with van der Waals surface area (Å²) in [5.41, 5.74) is 1.02. The average Bonchev–Trinajstić information content (AvgIpc) is 2.55. The van der Waals surface area contributed by atoms with E-state index < -0.39 is 0 Å². The predicted molar refractivity (Wildman–Crippen MR) is 54.8 cm³/mol. The second-order valence-electron chi connectivity index (χ2n) is 3.18. The lowest BCUT2D eigenvalue weighted by molar-refractivity contribution is 0.553. The molecule has 0 aliphatic rings. The van der Waals surface area contributed by atoms with Crippen molar-refractivity contribution >= 4 is 11.5 Å². The molecule has 0 aromatic carbocycles. The molecule has 0 saturated carbocycles. The molecule has 5 heteroatoms. The van der Waals surface area contributed by atoms with Gasteiger partial charge in [0.25, 0.3) is 0 Å². The van der Waals surface area contributed by atoms with Crippen LogP contribution < -0.4 is 10.6 Å². The van der Waals surface area contributed by atoms with E-state index in [9.17, 15) is 0 Å². The molecule has 0 aliphatic heterocycles. The van der Waals surface area contributed by atoms with Gasteiger partial charge in [0.2, 0.25) is 0 Å². The summed E-state index contributed by atoms with van der Waals surface area (Å²) in [6.07, 6.45) is 0. The van der Waals surface area contributed by atoms with Gasteiger partial charge in [0.15, 0.2) is 0 Å². The van der Waals surface area contributed by atoms with Crippen LogP contribution in [0.25, 0.3) is 0 Å². The first-order valence-electron chi connectivity index (χ1n) is 4.49. The first-order chi connectivity index (χ1) is 6.29. The molecule has 1 rings (SSSR count). The zero-order valence-corrected chi connectivity index (χ0v) is 8.90. The Kier molecular flexibility index (Phi) is 4.88. The van der Waals surface area contributed by atoms with Gasteiger partial charge in [-0.25, -0.2) is 0 Å². The number of hydrogen-bond acceptors (Lipinski definition) is 5. The summed E-state index contributed by atoms with van der Waals surface area (Å²) >= 11 is 1.39. The van der Waals surface area contributed by atoms with Crippen molar-refractivity contribution in [2.24, 2.45) is 0 Å². The van der Waals surface area contributed by atoms with Crippen molar-refractivity contribution < 1.29 is 0 Å². The number of hydrogen-bond donors (Lipinski definition) is 2. The van der Waals surface area contributed by atoms with Crippen LogP contribution in [0.15, 0.2) is 5.38 Å². The van der Waals surface area contributed by atoms with Crippen LogP contribution in [-0.2, 0) is 6.54 Å². The van der Waals surface area contributed by atoms with Crippen LogP contribution in [0.1, 0.15) is 19.5 Å². The topological polar surface area (TPSA) is 49.8 Å². The Hall–Kier alpha value is -0.520. The van der Waals surface area contributed by atoms with Crippen LogP contribution in [0.3, 0.4) is 0 Å². The predicted octanol–water partition coefficient (Wildman–Crippen LogP) is 0.626. The van der Waals surface area contributed by atoms with Crippen molar-refractivity contribution in [2.45, 2.75) is 26.4 Å². The second kappa shape index (κ2) is 6.01. The minimum absolute atomic E-state index is 0.558. The van der Waals surface area contributed by atoms with E-state index >= 15 is 0 Å². The molecule has 0 amide bonds. The lowest BCUT2D eigenvalue weighted by Crippen LogP contribution is -2.31. The van der Waals surface area contributed by atoms with Gasteiger partial charge >= 0.3 is 0 Å². The maximum Gasteiger partial charge on any atom is 0.0893 e. The summed E-state index contributed by atoms with van der Waals surface area (Å²) in [5.74, 6) is 0. The van der Waals surface area contributed by atoms with Gasteiger partial charge in [0.1, 0.15) is 0 Å². The Labute approximate surface area is 82.9 Å². The molecule has 1 heterocycles. The standard InChI is InChI=1S/C8H16N4S/c1-7(2)10-4-3-9-5-8-6-13-12-11-8/h6-7,9-10H,3-5H2,1-2H3. The van der Waals surface area contributed by atoms with Gasteiger partial charge in [-0.15, -0.1) is 5.10 Å². The van der Waals surface area contributed by atoms with Crippen molar-refractivity contribution in [2.75, 3.05) is 13.1 Å². The molecule has 2 N–H and O–H groups in total. The summed E-state index contributed by atoms with van der Waals surface area (Å²) in [6.45, 7) is 7.07. The maximum absolute atomic E-state index is 3.93. The molecule has 0 atom stereocenters. The third-order valence-electron chi connectivity index (χ3n) is 1.57. The first-order valence-corrected chi connectivity index (χ1v) is 5.32. The molecule has 0 bridgehead atoms. The monoisotopic (exact) mass is 200 g/mol. The van der Waals surface area contributed by atoms with Crippen LogP contribution in [0.2, 0.25) is 0 Å². The first kappa shape index (κ1) is 10.6. The molecule has 0 aliphatic carbocycles. The highest BCUT2D eigenvalue weighted by Crippen LogP contribution is 1.94. The highest BCUT2D eigenvalue weighted by Gasteiger charge is 1.95. The highest BCUT2D eigenvalue weighted by atomic mass is 32.1. The summed E-state index contributed by atoms with van der Waals surface area (Å²) in [7, 11) is 0. The van der Waals surface area contributed by atoms with Crippen LogP contribution in [0.4, 0.5) is 0 Å². The molecular formula is C8H16N4S. The Morgan fingerprint density at radius 1 is 1.46 bits per heavy atom. The summed E-state index contributed by atoms with van der Waals surface area (Å²) in [4.78, 5) is 0. The lowest BCUT2D eigenvalue weighted by atomic mass is 10.4. The highest BCUT2D eigenvalue weighted by molar-refractivity contribution is 7.03. The van der Waals surface area contributed by atoms with E-state index in [2.05, 4.69) is 34.1 Å². The largest absolute Gasteiger partial charge is 0.313 e. The Morgan fingerprint density at radius 2 is 2.31 bits per heavy atom. The van der Waals surface area contributed by atoms with Gasteiger partial charge in [0.05, 0.1) is 5.69 Å². The van der Waals surface area contributed by atoms with Gasteiger partial charge in [-0.1, -0.05) is 18.3 Å². The van der Waals surface area contributed by atoms with Crippen molar-refractivity contribution in [1.29, 1.82) is 0 Å². The molecule has 0 unspecified atom stereocenters. The minimum atomic E-state index is 0.558. The van der Waals surface area contributed by atoms with Gasteiger partial charge in [-0.3, -0.25) is 0 Å². The fraction of sp³-hybridized carbons (Fsp3) is 0.750. The molecule has 4 nitrogen and oxygen atoms in total. The number of rotatable bonds is 6. The molecule has 0 spiro atoms. The summed E-state index contributed by atoms with van der Waals surface area (Å²) in [5, 5.41) is 12.5. The van der Waals surface area contributed by atoms with Crippen molar-refractivity contribution in [1.82, 2.24) is 20.2 Å². The fourth-order valence-electron chi connectivity index (χ4n) is 0.927. The molecule has 0 fully saturated rings. The Bertz CT molecular complexity index is 210. The third-order valence-corrected chi connectivity index (χ3v) is 2.12. The molecule has 1 aromatic heterocycles. The van der Waals surface area contributed by atoms with E-state index in [-0.39, 0.29) is 0 Å². The Balaban J connectivity index is 1.96. The normalized spacial score (nSPS) is 11.0. The van der Waals surface area contributed by atoms with E-state index in [0.29, 0.717) is 6.04 Å². The van der Waals surface area contributed by atoms with Gasteiger partial charge in [-0.2, -0.15) is 0 Å². The molecule has 1 aromatic rings. The zero-order valence-electron chi connectivity index (χ0n) is 8.08. The number of nitrogens with zero attached hydrogens (tertiary/aromatic N) is 2. The summed E-state index contributed by atoms with van der Waals surface area (Å²) in [6, 6.07) is 0.558. The van der Waals surface area contributed by atoms with E-state index in [1.165, 1.54) is 11.5 Å². The van der Waals surface area contributed by atoms with Crippen molar-refractivity contribution in [3.05, 3.63) is 11.1 Å². The van der Waals surface area contributed by atoms with Crippen LogP contribution in [0, 0.1) is 0 Å². The van der Waals surface area contributed by atoms with Gasteiger partial charge in [0, 0.05) is 31.1 Å². The lowest BCUT2D eigenvalue weighted by Gasteiger charge is -2.07. The van der Waals surface area contributed by atoms with E-state index in [0.717, 1.165) is 25.3 Å². The van der Waals surface area contributed by atoms with E-state index in [4.69, 9.17) is 0 Å². The molecule has 0 radical (unpaired) electrons. The fourth-order valence-corrected chi connectivity index (χ4v) is 1.38. The number of aromatic nitrogens is 2. The van der Waals surface area contributed by atoms with Crippen LogP contribution in [-0.4, -0.2) is 28.7 Å². The molecular weight excluding hydrogens is 184 g/mol. The Morgan fingerprint density at radius 3 is 2.92 bits per heavy atom. The molecule has 0 saturated heterocycles. The quantitative estimate of drug-likeness (QED) is 0.661. The number of nitrogens with one attached hydrogen (secondary N) is 2. The van der Waals surface area contributed by atoms with Crippen LogP contribution in [0.5, 0.6) is 0 Å². The van der Waals surface area contributed by atoms with E-state index in [1.807, 2.05) is 5.38 Å². The SMILES string of the molecule is CC(C)NCCNCc1csnn1. The van der Waals surface area contributed by atoms with Crippen LogP contribution >= 0.6 is 11.5 Å². The third kappa shape index (κ3) is 4.92. The van der Waals surface area contributed by atoms with Crippen molar-refractivity contribution in [3.8, 4) is 0 Å². The average molecular weight is 200 g/mol. The smallest absolute Gasteiger partial charge is 0.0893 e. The second-order valence-corrected chi connectivity index (χ2v) is 3.79. The summed E-state index contributed by atoms with van der Waals surface area (Å²) < 4.78 is 3.79. The van der Waals surface area contributed by atoms with Gasteiger partial charge in [-0.05, 0) is 11.5 Å². The van der Waals surface area contributed by atoms with Gasteiger partial charge < -0.3 is 10.6 Å². The maximum atomic E-state index is 3.93. The van der Waals surface area contributed by atoms with E-state index in [1.54, 1.807) is 0 Å². The minimum Gasteiger partial charge on any atom is -0.313 e. The van der Waals surface area contributed by atoms with Crippen molar-refractivity contribution in [3.63, 3.8) is 0 Å². The zero-order chi connectivity index (χ0) is 9.52. The molecule has 13 heavy (non-hydrogen) atoms.